The van der Waals surface area contributed by atoms with Gasteiger partial charge in [0.25, 0.3) is 0 Å². The van der Waals surface area contributed by atoms with E-state index in [1.807, 2.05) is 0 Å². The molecule has 0 aliphatic heterocycles. The van der Waals surface area contributed by atoms with E-state index in [4.69, 9.17) is 5.11 Å². The average Bonchev–Trinajstić information content (AvgIpc) is 2.28. The summed E-state index contributed by atoms with van der Waals surface area (Å²) >= 11 is 0. The first kappa shape index (κ1) is 13.2. The van der Waals surface area contributed by atoms with Crippen LogP contribution in [-0.2, 0) is 9.53 Å². The van der Waals surface area contributed by atoms with Gasteiger partial charge in [-0.2, -0.15) is 0 Å². The minimum atomic E-state index is -1.45. The van der Waals surface area contributed by atoms with Crippen LogP contribution >= 0.6 is 0 Å². The summed E-state index contributed by atoms with van der Waals surface area (Å²) < 4.78 is 4.65. The van der Waals surface area contributed by atoms with Crippen molar-refractivity contribution >= 4 is 11.9 Å². The van der Waals surface area contributed by atoms with E-state index in [-0.39, 0.29) is 17.7 Å². The molecule has 5 heteroatoms. The van der Waals surface area contributed by atoms with E-state index in [1.165, 1.54) is 12.1 Å². The molecule has 1 atom stereocenters. The topological polar surface area (TPSA) is 83.8 Å². The highest BCUT2D eigenvalue weighted by Crippen LogP contribution is 2.18. The smallest absolute Gasteiger partial charge is 0.339 e. The van der Waals surface area contributed by atoms with Crippen molar-refractivity contribution in [1.82, 2.24) is 0 Å². The van der Waals surface area contributed by atoms with Crippen molar-refractivity contribution in [3.05, 3.63) is 34.9 Å². The fraction of sp³-hybridized carbons (Fsp3) is 0.333. The number of rotatable bonds is 4. The number of benzene rings is 1. The molecule has 0 radical (unpaired) electrons. The van der Waals surface area contributed by atoms with Crippen LogP contribution in [0.15, 0.2) is 18.2 Å². The maximum Gasteiger partial charge on any atom is 0.339 e. The van der Waals surface area contributed by atoms with E-state index < -0.39 is 18.0 Å². The predicted octanol–water partition coefficient (Wildman–Crippen LogP) is 1.29. The van der Waals surface area contributed by atoms with Gasteiger partial charge in [-0.05, 0) is 31.0 Å². The van der Waals surface area contributed by atoms with Gasteiger partial charge in [0.05, 0.1) is 12.2 Å². The third-order valence-corrected chi connectivity index (χ3v) is 2.32. The van der Waals surface area contributed by atoms with Crippen molar-refractivity contribution in [3.63, 3.8) is 0 Å². The van der Waals surface area contributed by atoms with E-state index in [9.17, 15) is 14.7 Å². The summed E-state index contributed by atoms with van der Waals surface area (Å²) in [6.07, 6.45) is -1.45. The molecule has 0 heterocycles. The van der Waals surface area contributed by atoms with Crippen LogP contribution < -0.4 is 0 Å². The van der Waals surface area contributed by atoms with E-state index in [1.54, 1.807) is 19.9 Å². The number of carboxylic acid groups (broad SMARTS) is 1. The molecule has 2 N–H and O–H groups in total. The van der Waals surface area contributed by atoms with Gasteiger partial charge in [0.15, 0.2) is 6.10 Å². The number of ether oxygens (including phenoxy) is 1. The maximum absolute atomic E-state index is 11.3. The lowest BCUT2D eigenvalue weighted by Crippen LogP contribution is -2.16. The summed E-state index contributed by atoms with van der Waals surface area (Å²) in [5.41, 5.74) is 0.842. The second-order valence-electron chi connectivity index (χ2n) is 3.53. The van der Waals surface area contributed by atoms with Crippen molar-refractivity contribution in [2.45, 2.75) is 20.0 Å². The molecule has 0 amide bonds. The zero-order chi connectivity index (χ0) is 13.0. The van der Waals surface area contributed by atoms with Gasteiger partial charge in [-0.15, -0.1) is 0 Å². The molecule has 92 valence electrons. The van der Waals surface area contributed by atoms with Gasteiger partial charge >= 0.3 is 11.9 Å². The molecule has 0 saturated carbocycles. The second kappa shape index (κ2) is 5.45. The Morgan fingerprint density at radius 3 is 2.59 bits per heavy atom. The molecular formula is C12H14O5. The van der Waals surface area contributed by atoms with Gasteiger partial charge in [-0.1, -0.05) is 12.1 Å². The number of aryl methyl sites for hydroxylation is 1. The SMILES string of the molecule is CCOC(=O)C(O)c1ccc(C)c(C(=O)O)c1. The van der Waals surface area contributed by atoms with E-state index in [2.05, 4.69) is 4.74 Å². The molecule has 0 aliphatic carbocycles. The highest BCUT2D eigenvalue weighted by molar-refractivity contribution is 5.90. The first-order valence-electron chi connectivity index (χ1n) is 5.16. The normalized spacial score (nSPS) is 11.9. The van der Waals surface area contributed by atoms with Crippen LogP contribution in [0.1, 0.15) is 34.5 Å². The number of hydrogen-bond donors (Lipinski definition) is 2. The molecule has 0 aromatic heterocycles. The Hall–Kier alpha value is -1.88. The first-order valence-corrected chi connectivity index (χ1v) is 5.16. The maximum atomic E-state index is 11.3. The number of aromatic carboxylic acids is 1. The molecule has 1 aromatic carbocycles. The summed E-state index contributed by atoms with van der Waals surface area (Å²) in [5.74, 6) is -1.88. The largest absolute Gasteiger partial charge is 0.478 e. The van der Waals surface area contributed by atoms with E-state index in [0.29, 0.717) is 5.56 Å². The van der Waals surface area contributed by atoms with Crippen molar-refractivity contribution < 1.29 is 24.5 Å². The Bertz CT molecular complexity index is 439. The Balaban J connectivity index is 3.03. The third-order valence-electron chi connectivity index (χ3n) is 2.32. The molecule has 5 nitrogen and oxygen atoms in total. The summed E-state index contributed by atoms with van der Waals surface area (Å²) in [4.78, 5) is 22.2. The minimum Gasteiger partial charge on any atom is -0.478 e. The Morgan fingerprint density at radius 1 is 1.41 bits per heavy atom. The van der Waals surface area contributed by atoms with Crippen LogP contribution in [-0.4, -0.2) is 28.8 Å². The third kappa shape index (κ3) is 3.04. The zero-order valence-electron chi connectivity index (χ0n) is 9.64. The van der Waals surface area contributed by atoms with Gasteiger partial charge in [0.1, 0.15) is 0 Å². The summed E-state index contributed by atoms with van der Waals surface area (Å²) in [5, 5.41) is 18.6. The fourth-order valence-electron chi connectivity index (χ4n) is 1.40. The molecule has 1 rings (SSSR count). The van der Waals surface area contributed by atoms with Gasteiger partial charge in [-0.25, -0.2) is 9.59 Å². The number of carbonyl (C=O) groups is 2. The Kier molecular flexibility index (Phi) is 4.23. The molecule has 0 aliphatic rings. The van der Waals surface area contributed by atoms with Crippen molar-refractivity contribution in [2.24, 2.45) is 0 Å². The molecule has 0 fully saturated rings. The molecule has 1 aromatic rings. The van der Waals surface area contributed by atoms with Crippen molar-refractivity contribution in [1.29, 1.82) is 0 Å². The minimum absolute atomic E-state index is 0.0610. The van der Waals surface area contributed by atoms with Crippen LogP contribution in [0.4, 0.5) is 0 Å². The quantitative estimate of drug-likeness (QED) is 0.772. The van der Waals surface area contributed by atoms with Gasteiger partial charge in [0.2, 0.25) is 0 Å². The summed E-state index contributed by atoms with van der Waals surface area (Å²) in [7, 11) is 0. The summed E-state index contributed by atoms with van der Waals surface area (Å²) in [6.45, 7) is 3.43. The van der Waals surface area contributed by atoms with Crippen LogP contribution in [0.3, 0.4) is 0 Å². The fourth-order valence-corrected chi connectivity index (χ4v) is 1.40. The Morgan fingerprint density at radius 2 is 2.06 bits per heavy atom. The molecule has 17 heavy (non-hydrogen) atoms. The van der Waals surface area contributed by atoms with Crippen molar-refractivity contribution in [3.8, 4) is 0 Å². The second-order valence-corrected chi connectivity index (χ2v) is 3.53. The number of esters is 1. The van der Waals surface area contributed by atoms with Crippen LogP contribution in [0.5, 0.6) is 0 Å². The lowest BCUT2D eigenvalue weighted by atomic mass is 10.0. The number of hydrogen-bond acceptors (Lipinski definition) is 4. The highest BCUT2D eigenvalue weighted by Gasteiger charge is 2.20. The molecule has 0 saturated heterocycles. The standard InChI is InChI=1S/C12H14O5/c1-3-17-12(16)10(13)8-5-4-7(2)9(6-8)11(14)15/h4-6,10,13H,3H2,1-2H3,(H,14,15). The van der Waals surface area contributed by atoms with Crippen LogP contribution in [0, 0.1) is 6.92 Å². The summed E-state index contributed by atoms with van der Waals surface area (Å²) in [6, 6.07) is 4.32. The Labute approximate surface area is 98.6 Å². The van der Waals surface area contributed by atoms with Crippen LogP contribution in [0.2, 0.25) is 0 Å². The lowest BCUT2D eigenvalue weighted by molar-refractivity contribution is -0.153. The monoisotopic (exact) mass is 238 g/mol. The average molecular weight is 238 g/mol. The van der Waals surface area contributed by atoms with Gasteiger partial charge in [-0.3, -0.25) is 0 Å². The molecule has 0 bridgehead atoms. The predicted molar refractivity (Wildman–Crippen MR) is 59.7 cm³/mol. The lowest BCUT2D eigenvalue weighted by Gasteiger charge is -2.11. The highest BCUT2D eigenvalue weighted by atomic mass is 16.5. The van der Waals surface area contributed by atoms with Gasteiger partial charge < -0.3 is 14.9 Å². The zero-order valence-corrected chi connectivity index (χ0v) is 9.64. The molecular weight excluding hydrogens is 224 g/mol. The van der Waals surface area contributed by atoms with Gasteiger partial charge in [0, 0.05) is 0 Å². The number of aliphatic hydroxyl groups is 1. The number of carboxylic acids is 1. The van der Waals surface area contributed by atoms with Crippen LogP contribution in [0.25, 0.3) is 0 Å². The first-order chi connectivity index (χ1) is 7.97. The number of aliphatic hydroxyl groups excluding tert-OH is 1. The van der Waals surface area contributed by atoms with E-state index >= 15 is 0 Å². The number of carbonyl (C=O) groups excluding carboxylic acids is 1. The van der Waals surface area contributed by atoms with E-state index in [0.717, 1.165) is 0 Å². The molecule has 0 spiro atoms. The van der Waals surface area contributed by atoms with Crippen molar-refractivity contribution in [2.75, 3.05) is 6.61 Å². The molecule has 1 unspecified atom stereocenters.